The van der Waals surface area contributed by atoms with Crippen LogP contribution in [-0.4, -0.2) is 28.7 Å². The van der Waals surface area contributed by atoms with E-state index in [1.54, 1.807) is 38.4 Å². The zero-order valence-corrected chi connectivity index (χ0v) is 18.2. The summed E-state index contributed by atoms with van der Waals surface area (Å²) in [7, 11) is -2.06. The van der Waals surface area contributed by atoms with Crippen molar-refractivity contribution >= 4 is 27.4 Å². The van der Waals surface area contributed by atoms with E-state index >= 15 is 0 Å². The Balaban J connectivity index is 2.12. The van der Waals surface area contributed by atoms with Gasteiger partial charge in [0.25, 0.3) is 0 Å². The fraction of sp³-hybridized carbons (Fsp3) is 0.200. The predicted molar refractivity (Wildman–Crippen MR) is 117 cm³/mol. The van der Waals surface area contributed by atoms with Crippen molar-refractivity contribution in [1.29, 1.82) is 5.26 Å². The fourth-order valence-corrected chi connectivity index (χ4v) is 3.96. The lowest BCUT2D eigenvalue weighted by Gasteiger charge is -2.12. The van der Waals surface area contributed by atoms with Crippen molar-refractivity contribution in [2.45, 2.75) is 13.3 Å². The molecule has 9 nitrogen and oxygen atoms in total. The van der Waals surface area contributed by atoms with Crippen LogP contribution in [-0.2, 0) is 17.1 Å². The monoisotopic (exact) mass is 459 g/mol. The summed E-state index contributed by atoms with van der Waals surface area (Å²) in [5.74, 6) is -0.0645. The highest BCUT2D eigenvalue weighted by atomic mass is 35.5. The third kappa shape index (κ3) is 5.39. The van der Waals surface area contributed by atoms with Crippen molar-refractivity contribution in [3.05, 3.63) is 63.5 Å². The summed E-state index contributed by atoms with van der Waals surface area (Å²) in [6.45, 7) is 1.74. The molecule has 0 unspecified atom stereocenters. The van der Waals surface area contributed by atoms with Gasteiger partial charge in [-0.2, -0.15) is 15.2 Å². The van der Waals surface area contributed by atoms with Gasteiger partial charge in [0.2, 0.25) is 15.6 Å². The number of nitrogens with zero attached hydrogens (tertiary/aromatic N) is 4. The Morgan fingerprint density at radius 2 is 2.03 bits per heavy atom. The molecule has 0 bridgehead atoms. The molecule has 0 fully saturated rings. The van der Waals surface area contributed by atoms with Gasteiger partial charge in [0.15, 0.2) is 5.75 Å². The van der Waals surface area contributed by atoms with Crippen molar-refractivity contribution in [2.75, 3.05) is 10.5 Å². The van der Waals surface area contributed by atoms with Crippen molar-refractivity contribution in [2.24, 2.45) is 7.05 Å². The molecule has 3 rings (SSSR count). The summed E-state index contributed by atoms with van der Waals surface area (Å²) in [5.41, 5.74) is 0.787. The number of nitrogens with one attached hydrogen (secondary N) is 1. The summed E-state index contributed by atoms with van der Waals surface area (Å²) in [6.07, 6.45) is 1.97. The highest BCUT2D eigenvalue weighted by Gasteiger charge is 2.17. The van der Waals surface area contributed by atoms with Crippen LogP contribution in [0.5, 0.6) is 11.8 Å². The Hall–Kier alpha value is -3.42. The van der Waals surface area contributed by atoms with Crippen LogP contribution < -0.4 is 15.0 Å². The first-order chi connectivity index (χ1) is 14.7. The van der Waals surface area contributed by atoms with E-state index in [9.17, 15) is 18.5 Å². The number of para-hydroxylation sites is 1. The number of benzene rings is 1. The average molecular weight is 460 g/mol. The maximum atomic E-state index is 12.2. The van der Waals surface area contributed by atoms with E-state index < -0.39 is 10.0 Å². The number of sulfonamides is 1. The third-order valence-corrected chi connectivity index (χ3v) is 5.86. The standard InChI is InChI=1S/C20H18ClN5O4S/c1-3-9-31(28,29)25-17-10-16(14-7-8-18(27)26(2)12-14)23-20(24-17)30-19-13(11-22)5-4-6-15(19)21/h4-8,10,12H,3,9H2,1-2H3,(H,23,24,25). The highest BCUT2D eigenvalue weighted by molar-refractivity contribution is 7.92. The van der Waals surface area contributed by atoms with Crippen LogP contribution in [0.25, 0.3) is 11.3 Å². The maximum absolute atomic E-state index is 12.2. The molecule has 2 heterocycles. The lowest BCUT2D eigenvalue weighted by atomic mass is 10.2. The molecule has 3 aromatic rings. The van der Waals surface area contributed by atoms with E-state index in [1.165, 1.54) is 22.8 Å². The Bertz CT molecular complexity index is 1330. The minimum atomic E-state index is -3.64. The molecular formula is C20H18ClN5O4S. The van der Waals surface area contributed by atoms with Gasteiger partial charge >= 0.3 is 6.01 Å². The Morgan fingerprint density at radius 1 is 1.26 bits per heavy atom. The van der Waals surface area contributed by atoms with E-state index in [-0.39, 0.29) is 39.5 Å². The van der Waals surface area contributed by atoms with E-state index in [0.717, 1.165) is 0 Å². The van der Waals surface area contributed by atoms with Crippen molar-refractivity contribution in [3.8, 4) is 29.1 Å². The molecule has 0 aliphatic heterocycles. The summed E-state index contributed by atoms with van der Waals surface area (Å²) >= 11 is 6.16. The van der Waals surface area contributed by atoms with Crippen LogP contribution in [0.2, 0.25) is 5.02 Å². The van der Waals surface area contributed by atoms with Crippen LogP contribution >= 0.6 is 11.6 Å². The maximum Gasteiger partial charge on any atom is 0.324 e. The van der Waals surface area contributed by atoms with Crippen LogP contribution in [0.3, 0.4) is 0 Å². The Labute approximate surface area is 184 Å². The largest absolute Gasteiger partial charge is 0.421 e. The molecule has 0 radical (unpaired) electrons. The predicted octanol–water partition coefficient (Wildman–Crippen LogP) is 3.31. The van der Waals surface area contributed by atoms with Crippen molar-refractivity contribution in [3.63, 3.8) is 0 Å². The second-order valence-corrected chi connectivity index (χ2v) is 8.79. The van der Waals surface area contributed by atoms with E-state index in [1.807, 2.05) is 6.07 Å². The van der Waals surface area contributed by atoms with Gasteiger partial charge in [-0.25, -0.2) is 8.42 Å². The fourth-order valence-electron chi connectivity index (χ4n) is 2.69. The second kappa shape index (κ2) is 9.16. The molecule has 2 aromatic heterocycles. The summed E-state index contributed by atoms with van der Waals surface area (Å²) < 4.78 is 33.9. The number of aromatic nitrogens is 3. The number of aryl methyl sites for hydroxylation is 1. The molecule has 160 valence electrons. The molecule has 0 spiro atoms. The van der Waals surface area contributed by atoms with Gasteiger partial charge in [-0.15, -0.1) is 0 Å². The zero-order valence-electron chi connectivity index (χ0n) is 16.7. The van der Waals surface area contributed by atoms with Crippen molar-refractivity contribution < 1.29 is 13.2 Å². The number of rotatable bonds is 7. The summed E-state index contributed by atoms with van der Waals surface area (Å²) in [5, 5.41) is 9.49. The molecule has 0 saturated carbocycles. The lowest BCUT2D eigenvalue weighted by Crippen LogP contribution is -2.17. The zero-order chi connectivity index (χ0) is 22.6. The molecule has 1 aromatic carbocycles. The van der Waals surface area contributed by atoms with Gasteiger partial charge in [0, 0.05) is 30.9 Å². The number of ether oxygens (including phenoxy) is 1. The number of nitriles is 1. The summed E-state index contributed by atoms with van der Waals surface area (Å²) in [4.78, 5) is 20.1. The molecule has 0 amide bonds. The first-order valence-electron chi connectivity index (χ1n) is 9.15. The molecule has 31 heavy (non-hydrogen) atoms. The quantitative estimate of drug-likeness (QED) is 0.574. The summed E-state index contributed by atoms with van der Waals surface area (Å²) in [6, 6.07) is 10.7. The third-order valence-electron chi connectivity index (χ3n) is 4.10. The van der Waals surface area contributed by atoms with Gasteiger partial charge in [0.1, 0.15) is 11.9 Å². The number of halogens is 1. The number of hydrogen-bond donors (Lipinski definition) is 1. The second-order valence-electron chi connectivity index (χ2n) is 6.54. The normalized spacial score (nSPS) is 11.0. The minimum absolute atomic E-state index is 0.0205. The molecule has 1 N–H and O–H groups in total. The average Bonchev–Trinajstić information content (AvgIpc) is 2.71. The molecular weight excluding hydrogens is 442 g/mol. The number of pyridine rings is 1. The van der Waals surface area contributed by atoms with Gasteiger partial charge in [-0.3, -0.25) is 9.52 Å². The molecule has 0 aliphatic carbocycles. The minimum Gasteiger partial charge on any atom is -0.421 e. The Kier molecular flexibility index (Phi) is 6.58. The first kappa shape index (κ1) is 22.3. The molecule has 11 heteroatoms. The van der Waals surface area contributed by atoms with Gasteiger partial charge in [-0.05, 0) is 24.6 Å². The first-order valence-corrected chi connectivity index (χ1v) is 11.2. The van der Waals surface area contributed by atoms with E-state index in [2.05, 4.69) is 14.7 Å². The smallest absolute Gasteiger partial charge is 0.324 e. The topological polar surface area (TPSA) is 127 Å². The Morgan fingerprint density at radius 3 is 2.71 bits per heavy atom. The van der Waals surface area contributed by atoms with Crippen LogP contribution in [0, 0.1) is 11.3 Å². The van der Waals surface area contributed by atoms with Crippen LogP contribution in [0.4, 0.5) is 5.82 Å². The van der Waals surface area contributed by atoms with Crippen molar-refractivity contribution in [1.82, 2.24) is 14.5 Å². The van der Waals surface area contributed by atoms with E-state index in [4.69, 9.17) is 16.3 Å². The highest BCUT2D eigenvalue weighted by Crippen LogP contribution is 2.32. The van der Waals surface area contributed by atoms with Crippen LogP contribution in [0.1, 0.15) is 18.9 Å². The molecule has 0 aliphatic rings. The van der Waals surface area contributed by atoms with E-state index in [0.29, 0.717) is 17.7 Å². The number of hydrogen-bond acceptors (Lipinski definition) is 7. The lowest BCUT2D eigenvalue weighted by molar-refractivity contribution is 0.442. The van der Waals surface area contributed by atoms with Gasteiger partial charge in [-0.1, -0.05) is 24.6 Å². The van der Waals surface area contributed by atoms with Crippen LogP contribution in [0.15, 0.2) is 47.4 Å². The SMILES string of the molecule is CCCS(=O)(=O)Nc1cc(-c2ccc(=O)n(C)c2)nc(Oc2c(Cl)cccc2C#N)n1. The number of anilines is 1. The molecule has 0 atom stereocenters. The molecule has 0 saturated heterocycles. The van der Waals surface area contributed by atoms with Gasteiger partial charge in [0.05, 0.1) is 22.0 Å². The van der Waals surface area contributed by atoms with Gasteiger partial charge < -0.3 is 9.30 Å².